The number of allylic oxidation sites excluding steroid dienone is 16. The van der Waals surface area contributed by atoms with Crippen molar-refractivity contribution in [2.45, 2.75) is 264 Å². The molecule has 0 spiro atoms. The Labute approximate surface area is 463 Å². The van der Waals surface area contributed by atoms with E-state index in [0.717, 1.165) is 103 Å². The second-order valence-electron chi connectivity index (χ2n) is 19.8. The lowest BCUT2D eigenvalue weighted by Gasteiger charge is -2.21. The summed E-state index contributed by atoms with van der Waals surface area (Å²) in [5.74, 6) is -1.55. The summed E-state index contributed by atoms with van der Waals surface area (Å²) in [4.78, 5) is 48.6. The molecule has 11 nitrogen and oxygen atoms in total. The number of carbonyl (C=O) groups is 3. The van der Waals surface area contributed by atoms with Crippen molar-refractivity contribution in [3.63, 3.8) is 0 Å². The van der Waals surface area contributed by atoms with Crippen LogP contribution in [0.15, 0.2) is 97.2 Å². The van der Waals surface area contributed by atoms with Crippen LogP contribution in [0.2, 0.25) is 0 Å². The topological polar surface area (TPSA) is 155 Å². The highest BCUT2D eigenvalue weighted by atomic mass is 31.2. The van der Waals surface area contributed by atoms with Gasteiger partial charge in [-0.3, -0.25) is 23.4 Å². The van der Waals surface area contributed by atoms with Crippen molar-refractivity contribution in [3.05, 3.63) is 97.2 Å². The lowest BCUT2D eigenvalue weighted by Crippen LogP contribution is -2.30. The number of aliphatic hydroxyl groups excluding tert-OH is 1. The zero-order chi connectivity index (χ0) is 55.5. The molecule has 0 aromatic heterocycles. The van der Waals surface area contributed by atoms with E-state index in [2.05, 4.69) is 112 Å². The molecule has 0 fully saturated rings. The monoisotopic (exact) mass is 1080 g/mol. The highest BCUT2D eigenvalue weighted by Gasteiger charge is 2.28. The Hall–Kier alpha value is -3.60. The molecule has 3 unspecified atom stereocenters. The highest BCUT2D eigenvalue weighted by Crippen LogP contribution is 2.43. The molecule has 0 aromatic carbocycles. The molecule has 76 heavy (non-hydrogen) atoms. The number of unbranched alkanes of at least 4 members (excludes halogenated alkanes) is 22. The van der Waals surface area contributed by atoms with Crippen molar-refractivity contribution < 1.29 is 52.2 Å². The van der Waals surface area contributed by atoms with Crippen LogP contribution in [0, 0.1) is 0 Å². The number of phosphoric acid groups is 1. The molecule has 0 amide bonds. The quantitative estimate of drug-likeness (QED) is 0.0197. The molecular weight excluding hydrogens is 976 g/mol. The van der Waals surface area contributed by atoms with Crippen LogP contribution in [0.3, 0.4) is 0 Å². The van der Waals surface area contributed by atoms with E-state index in [9.17, 15) is 28.9 Å². The maximum atomic E-state index is 12.9. The zero-order valence-electron chi connectivity index (χ0n) is 48.2. The predicted octanol–water partition coefficient (Wildman–Crippen LogP) is 18.0. The summed E-state index contributed by atoms with van der Waals surface area (Å²) in [5, 5.41) is 9.82. The molecule has 436 valence electrons. The first-order valence-corrected chi connectivity index (χ1v) is 31.6. The van der Waals surface area contributed by atoms with Crippen LogP contribution in [0.5, 0.6) is 0 Å². The van der Waals surface area contributed by atoms with Gasteiger partial charge in [-0.05, 0) is 89.9 Å². The van der Waals surface area contributed by atoms with Crippen LogP contribution < -0.4 is 0 Å². The smallest absolute Gasteiger partial charge is 0.462 e. The summed E-state index contributed by atoms with van der Waals surface area (Å²) in [6.07, 6.45) is 68.0. The van der Waals surface area contributed by atoms with Crippen LogP contribution in [-0.4, -0.2) is 66.5 Å². The second kappa shape index (κ2) is 57.6. The molecule has 0 aliphatic heterocycles. The van der Waals surface area contributed by atoms with Crippen LogP contribution >= 0.6 is 7.82 Å². The van der Waals surface area contributed by atoms with Crippen molar-refractivity contribution in [3.8, 4) is 0 Å². The van der Waals surface area contributed by atoms with Crippen LogP contribution in [0.4, 0.5) is 0 Å². The van der Waals surface area contributed by atoms with E-state index in [-0.39, 0.29) is 25.9 Å². The van der Waals surface area contributed by atoms with Crippen LogP contribution in [-0.2, 0) is 42.2 Å². The van der Waals surface area contributed by atoms with Crippen LogP contribution in [0.25, 0.3) is 0 Å². The number of esters is 3. The maximum Gasteiger partial charge on any atom is 0.472 e. The summed E-state index contributed by atoms with van der Waals surface area (Å²) < 4.78 is 39.5. The number of hydrogen-bond acceptors (Lipinski definition) is 10. The SMILES string of the molecule is CC/C=C\C/C=C\C/C=C\C/C=C\C/C=C\CCCC(=O)OCC(COP(=O)(O)OCC(CO)OC(=O)CCCCCCC/C=C\C/C=C\C/C=C\CC)OC(=O)CCCCCCCCCCCCCCCCCCC. The number of rotatable bonds is 55. The van der Waals surface area contributed by atoms with E-state index in [1.807, 2.05) is 6.08 Å². The van der Waals surface area contributed by atoms with Gasteiger partial charge in [0, 0.05) is 19.3 Å². The first-order chi connectivity index (χ1) is 37.2. The molecule has 2 N–H and O–H groups in total. The van der Waals surface area contributed by atoms with Crippen LogP contribution in [0.1, 0.15) is 252 Å². The van der Waals surface area contributed by atoms with Gasteiger partial charge in [0.05, 0.1) is 19.8 Å². The number of aliphatic hydroxyl groups is 1. The Kier molecular flexibility index (Phi) is 54.8. The minimum atomic E-state index is -4.77. The number of phosphoric ester groups is 1. The van der Waals surface area contributed by atoms with E-state index < -0.39 is 57.8 Å². The van der Waals surface area contributed by atoms with Gasteiger partial charge in [0.2, 0.25) is 0 Å². The first kappa shape index (κ1) is 72.4. The van der Waals surface area contributed by atoms with E-state index >= 15 is 0 Å². The molecule has 0 aliphatic carbocycles. The lowest BCUT2D eigenvalue weighted by atomic mass is 10.0. The second-order valence-corrected chi connectivity index (χ2v) is 21.2. The molecule has 0 saturated heterocycles. The Morgan fingerprint density at radius 1 is 0.382 bits per heavy atom. The summed E-state index contributed by atoms with van der Waals surface area (Å²) in [6.45, 7) is 4.36. The van der Waals surface area contributed by atoms with Crippen molar-refractivity contribution in [2.24, 2.45) is 0 Å². The van der Waals surface area contributed by atoms with Crippen molar-refractivity contribution in [1.29, 1.82) is 0 Å². The fraction of sp³-hybridized carbons (Fsp3) is 0.703. The van der Waals surface area contributed by atoms with E-state index in [4.69, 9.17) is 23.3 Å². The number of carbonyl (C=O) groups excluding carboxylic acids is 3. The fourth-order valence-electron chi connectivity index (χ4n) is 8.00. The molecule has 0 saturated carbocycles. The highest BCUT2D eigenvalue weighted by molar-refractivity contribution is 7.47. The third-order valence-corrected chi connectivity index (χ3v) is 13.5. The van der Waals surface area contributed by atoms with Gasteiger partial charge in [0.25, 0.3) is 0 Å². The Morgan fingerprint density at radius 2 is 0.697 bits per heavy atom. The Balaban J connectivity index is 4.80. The summed E-state index contributed by atoms with van der Waals surface area (Å²) in [7, 11) is -4.77. The normalized spacial score (nSPS) is 14.0. The van der Waals surface area contributed by atoms with Gasteiger partial charge in [-0.1, -0.05) is 240 Å². The van der Waals surface area contributed by atoms with Gasteiger partial charge >= 0.3 is 25.7 Å². The minimum absolute atomic E-state index is 0.145. The molecule has 12 heteroatoms. The van der Waals surface area contributed by atoms with Crippen molar-refractivity contribution in [1.82, 2.24) is 0 Å². The van der Waals surface area contributed by atoms with E-state index in [0.29, 0.717) is 25.7 Å². The minimum Gasteiger partial charge on any atom is -0.462 e. The summed E-state index contributed by atoms with van der Waals surface area (Å²) in [5.41, 5.74) is 0. The standard InChI is InChI=1S/C64H109O11P/c1-4-7-10-13-16-19-22-25-28-30-33-35-38-41-44-47-50-53-62(66)71-57-61(75-64(68)55-52-49-46-43-40-37-34-31-29-26-23-20-17-14-11-8-5-2)59-73-76(69,70)72-58-60(56-65)74-63(67)54-51-48-45-42-39-36-32-27-24-21-18-15-12-9-6-3/h7,9-10,12,16,18-19,21,25,27-28,32-33,35,41,44,60-61,65H,4-6,8,11,13-15,17,20,22-24,26,29-31,34,36-40,42-43,45-59H2,1-3H3,(H,69,70)/b10-7-,12-9-,19-16-,21-18-,28-25-,32-27-,35-33-,44-41-. The Morgan fingerprint density at radius 3 is 1.09 bits per heavy atom. The number of ether oxygens (including phenoxy) is 3. The average Bonchev–Trinajstić information content (AvgIpc) is 3.41. The molecule has 0 bridgehead atoms. The van der Waals surface area contributed by atoms with E-state index in [1.165, 1.54) is 83.5 Å². The predicted molar refractivity (Wildman–Crippen MR) is 316 cm³/mol. The summed E-state index contributed by atoms with van der Waals surface area (Å²) >= 11 is 0. The van der Waals surface area contributed by atoms with Gasteiger partial charge < -0.3 is 24.2 Å². The third kappa shape index (κ3) is 55.2. The van der Waals surface area contributed by atoms with Gasteiger partial charge in [-0.25, -0.2) is 4.57 Å². The molecule has 0 heterocycles. The fourth-order valence-corrected chi connectivity index (χ4v) is 8.78. The van der Waals surface area contributed by atoms with Gasteiger partial charge in [0.15, 0.2) is 6.10 Å². The lowest BCUT2D eigenvalue weighted by molar-refractivity contribution is -0.161. The zero-order valence-corrected chi connectivity index (χ0v) is 49.1. The van der Waals surface area contributed by atoms with E-state index in [1.54, 1.807) is 0 Å². The molecule has 0 aliphatic rings. The first-order valence-electron chi connectivity index (χ1n) is 30.1. The molecule has 0 aromatic rings. The van der Waals surface area contributed by atoms with Gasteiger partial charge in [-0.2, -0.15) is 0 Å². The molecular formula is C64H109O11P. The van der Waals surface area contributed by atoms with Crippen molar-refractivity contribution >= 4 is 25.7 Å². The Bertz CT molecular complexity index is 1640. The largest absolute Gasteiger partial charge is 0.472 e. The van der Waals surface area contributed by atoms with Crippen molar-refractivity contribution in [2.75, 3.05) is 26.4 Å². The molecule has 3 atom stereocenters. The van der Waals surface area contributed by atoms with Gasteiger partial charge in [-0.15, -0.1) is 0 Å². The number of hydrogen-bond donors (Lipinski definition) is 2. The molecule has 0 rings (SSSR count). The molecule has 0 radical (unpaired) electrons. The maximum absolute atomic E-state index is 12.9. The average molecular weight is 1090 g/mol. The summed E-state index contributed by atoms with van der Waals surface area (Å²) in [6, 6.07) is 0. The third-order valence-electron chi connectivity index (χ3n) is 12.5. The van der Waals surface area contributed by atoms with Gasteiger partial charge in [0.1, 0.15) is 12.7 Å².